The van der Waals surface area contributed by atoms with Crippen LogP contribution in [0.1, 0.15) is 0 Å². The molecule has 10 rings (SSSR count). The van der Waals surface area contributed by atoms with Crippen LogP contribution in [0.2, 0.25) is 0 Å². The monoisotopic (exact) mass is 628 g/mol. The molecule has 0 radical (unpaired) electrons. The zero-order valence-electron chi connectivity index (χ0n) is 26.4. The molecule has 0 aliphatic heterocycles. The van der Waals surface area contributed by atoms with E-state index in [0.29, 0.717) is 0 Å². The Balaban J connectivity index is 1.19. The number of fused-ring (bicyclic) bond motifs is 8. The van der Waals surface area contributed by atoms with Gasteiger partial charge in [-0.1, -0.05) is 120 Å². The summed E-state index contributed by atoms with van der Waals surface area (Å²) in [6.07, 6.45) is 0. The quantitative estimate of drug-likeness (QED) is 0.178. The lowest BCUT2D eigenvalue weighted by atomic mass is 9.97. The molecule has 2 aromatic heterocycles. The molecule has 0 fully saturated rings. The van der Waals surface area contributed by atoms with Crippen molar-refractivity contribution in [3.05, 3.63) is 170 Å². The smallest absolute Gasteiger partial charge is 0.175 e. The average Bonchev–Trinajstić information content (AvgIpc) is 3.77. The van der Waals surface area contributed by atoms with Crippen LogP contribution in [0.3, 0.4) is 0 Å². The Bertz CT molecular complexity index is 2820. The molecule has 0 N–H and O–H groups in total. The van der Waals surface area contributed by atoms with E-state index in [1.165, 1.54) is 11.1 Å². The molecule has 230 valence electrons. The van der Waals surface area contributed by atoms with E-state index in [9.17, 15) is 0 Å². The first-order chi connectivity index (χ1) is 24.3. The maximum Gasteiger partial charge on any atom is 0.175 e. The maximum atomic E-state index is 6.21. The Morgan fingerprint density at radius 2 is 1.00 bits per heavy atom. The van der Waals surface area contributed by atoms with E-state index < -0.39 is 0 Å². The van der Waals surface area contributed by atoms with E-state index in [4.69, 9.17) is 8.94 Å². The molecular weight excluding hydrogens is 601 g/mol. The number of hydrogen-bond donors (Lipinski definition) is 0. The van der Waals surface area contributed by atoms with Crippen LogP contribution in [0, 0.1) is 0 Å². The first-order valence-electron chi connectivity index (χ1n) is 16.5. The zero-order chi connectivity index (χ0) is 32.3. The standard InChI is InChI=1S/C45H28N2O2/c1-3-9-29(10-4-1)30-17-21-34(22-18-30)47(36-24-26-42-40(28-36)37-13-7-8-14-41(37)48-42)35-23-19-31-15-16-32-20-25-38-44(33-11-5-2-6-12-33)46-49-45(38)43(32)39(31)27-35/h1-28H. The number of hydrogen-bond acceptors (Lipinski definition) is 4. The number of anilines is 3. The summed E-state index contributed by atoms with van der Waals surface area (Å²) in [4.78, 5) is 2.32. The van der Waals surface area contributed by atoms with Crippen LogP contribution in [0.5, 0.6) is 0 Å². The van der Waals surface area contributed by atoms with Gasteiger partial charge in [0, 0.05) is 38.8 Å². The summed E-state index contributed by atoms with van der Waals surface area (Å²) in [7, 11) is 0. The summed E-state index contributed by atoms with van der Waals surface area (Å²) in [5.41, 5.74) is 9.95. The van der Waals surface area contributed by atoms with Crippen LogP contribution in [-0.2, 0) is 0 Å². The molecule has 8 aromatic carbocycles. The molecule has 0 bridgehead atoms. The summed E-state index contributed by atoms with van der Waals surface area (Å²) in [6.45, 7) is 0. The fourth-order valence-electron chi connectivity index (χ4n) is 7.20. The summed E-state index contributed by atoms with van der Waals surface area (Å²) in [5, 5.41) is 12.2. The summed E-state index contributed by atoms with van der Waals surface area (Å²) >= 11 is 0. The maximum absolute atomic E-state index is 6.21. The minimum Gasteiger partial charge on any atom is -0.456 e. The van der Waals surface area contributed by atoms with Gasteiger partial charge in [-0.15, -0.1) is 0 Å². The van der Waals surface area contributed by atoms with Gasteiger partial charge in [0.2, 0.25) is 0 Å². The van der Waals surface area contributed by atoms with Crippen LogP contribution in [0.15, 0.2) is 179 Å². The normalized spacial score (nSPS) is 11.7. The Morgan fingerprint density at radius 3 is 1.82 bits per heavy atom. The van der Waals surface area contributed by atoms with E-state index in [1.54, 1.807) is 0 Å². The molecule has 4 nitrogen and oxygen atoms in total. The fourth-order valence-corrected chi connectivity index (χ4v) is 7.20. The lowest BCUT2D eigenvalue weighted by molar-refractivity contribution is 0.462. The van der Waals surface area contributed by atoms with Gasteiger partial charge in [-0.3, -0.25) is 0 Å². The van der Waals surface area contributed by atoms with Gasteiger partial charge in [-0.25, -0.2) is 0 Å². The molecular formula is C45H28N2O2. The third-order valence-corrected chi connectivity index (χ3v) is 9.58. The Labute approximate surface area is 282 Å². The van der Waals surface area contributed by atoms with Gasteiger partial charge in [0.1, 0.15) is 16.9 Å². The van der Waals surface area contributed by atoms with Crippen molar-refractivity contribution in [2.24, 2.45) is 0 Å². The topological polar surface area (TPSA) is 42.4 Å². The zero-order valence-corrected chi connectivity index (χ0v) is 26.4. The first-order valence-corrected chi connectivity index (χ1v) is 16.5. The third kappa shape index (κ3) is 4.49. The van der Waals surface area contributed by atoms with Crippen LogP contribution in [-0.4, -0.2) is 5.16 Å². The van der Waals surface area contributed by atoms with Crippen LogP contribution >= 0.6 is 0 Å². The molecule has 0 saturated heterocycles. The Kier molecular flexibility index (Phi) is 6.15. The first kappa shape index (κ1) is 27.5. The molecule has 0 saturated carbocycles. The van der Waals surface area contributed by atoms with Crippen molar-refractivity contribution in [2.45, 2.75) is 0 Å². The SMILES string of the molecule is c1ccc(-c2ccc(N(c3ccc4oc5ccccc5c4c3)c3ccc4ccc5ccc6c(-c7ccccc7)noc6c5c4c3)cc2)cc1. The summed E-state index contributed by atoms with van der Waals surface area (Å²) < 4.78 is 12.4. The minimum absolute atomic E-state index is 0.796. The molecule has 0 atom stereocenters. The van der Waals surface area contributed by atoms with Gasteiger partial charge in [-0.2, -0.15) is 0 Å². The van der Waals surface area contributed by atoms with Crippen molar-refractivity contribution in [3.8, 4) is 22.4 Å². The highest BCUT2D eigenvalue weighted by molar-refractivity contribution is 6.20. The predicted molar refractivity (Wildman–Crippen MR) is 202 cm³/mol. The third-order valence-electron chi connectivity index (χ3n) is 9.58. The summed E-state index contributed by atoms with van der Waals surface area (Å²) in [5.74, 6) is 0. The van der Waals surface area contributed by atoms with Crippen LogP contribution in [0.25, 0.3) is 76.8 Å². The molecule has 4 heteroatoms. The fraction of sp³-hybridized carbons (Fsp3) is 0. The largest absolute Gasteiger partial charge is 0.456 e. The average molecular weight is 629 g/mol. The van der Waals surface area contributed by atoms with Crippen molar-refractivity contribution < 1.29 is 8.94 Å². The highest BCUT2D eigenvalue weighted by Gasteiger charge is 2.19. The molecule has 49 heavy (non-hydrogen) atoms. The van der Waals surface area contributed by atoms with Gasteiger partial charge in [0.05, 0.1) is 5.39 Å². The lowest BCUT2D eigenvalue weighted by Gasteiger charge is -2.26. The highest BCUT2D eigenvalue weighted by atomic mass is 16.5. The second-order valence-corrected chi connectivity index (χ2v) is 12.4. The van der Waals surface area contributed by atoms with Gasteiger partial charge >= 0.3 is 0 Å². The molecule has 0 spiro atoms. The Morgan fingerprint density at radius 1 is 0.408 bits per heavy atom. The van der Waals surface area contributed by atoms with Crippen molar-refractivity contribution in [1.82, 2.24) is 5.16 Å². The van der Waals surface area contributed by atoms with E-state index in [1.807, 2.05) is 36.4 Å². The molecule has 0 amide bonds. The Hall–Kier alpha value is -6.65. The van der Waals surface area contributed by atoms with Gasteiger partial charge in [-0.05, 0) is 81.9 Å². The number of nitrogens with zero attached hydrogens (tertiary/aromatic N) is 2. The second kappa shape index (κ2) is 11.0. The predicted octanol–water partition coefficient (Wildman–Crippen LogP) is 12.8. The van der Waals surface area contributed by atoms with Crippen molar-refractivity contribution >= 4 is 71.5 Å². The summed E-state index contributed by atoms with van der Waals surface area (Å²) in [6, 6.07) is 59.5. The van der Waals surface area contributed by atoms with Gasteiger partial charge < -0.3 is 13.8 Å². The van der Waals surface area contributed by atoms with Crippen molar-refractivity contribution in [3.63, 3.8) is 0 Å². The highest BCUT2D eigenvalue weighted by Crippen LogP contribution is 2.42. The van der Waals surface area contributed by atoms with Crippen molar-refractivity contribution in [2.75, 3.05) is 4.90 Å². The van der Waals surface area contributed by atoms with E-state index >= 15 is 0 Å². The van der Waals surface area contributed by atoms with E-state index in [0.717, 1.165) is 82.8 Å². The second-order valence-electron chi connectivity index (χ2n) is 12.4. The van der Waals surface area contributed by atoms with E-state index in [2.05, 4.69) is 144 Å². The number of para-hydroxylation sites is 1. The van der Waals surface area contributed by atoms with Gasteiger partial charge in [0.25, 0.3) is 0 Å². The van der Waals surface area contributed by atoms with Crippen molar-refractivity contribution in [1.29, 1.82) is 0 Å². The minimum atomic E-state index is 0.796. The number of benzene rings is 8. The molecule has 0 unspecified atom stereocenters. The molecule has 2 heterocycles. The lowest BCUT2D eigenvalue weighted by Crippen LogP contribution is -2.09. The molecule has 0 aliphatic rings. The molecule has 10 aromatic rings. The number of furan rings is 1. The van der Waals surface area contributed by atoms with Crippen LogP contribution < -0.4 is 4.90 Å². The number of rotatable bonds is 5. The van der Waals surface area contributed by atoms with E-state index in [-0.39, 0.29) is 0 Å². The molecule has 0 aliphatic carbocycles. The van der Waals surface area contributed by atoms with Gasteiger partial charge in [0.15, 0.2) is 5.58 Å². The van der Waals surface area contributed by atoms with Crippen LogP contribution in [0.4, 0.5) is 17.1 Å². The number of aromatic nitrogens is 1.